The lowest BCUT2D eigenvalue weighted by Gasteiger charge is -2.33. The number of carbonyl (C=O) groups excluding carboxylic acids is 1. The van der Waals surface area contributed by atoms with Gasteiger partial charge in [0.15, 0.2) is 0 Å². The second-order valence-electron chi connectivity index (χ2n) is 6.26. The molecule has 1 aromatic carbocycles. The number of nitrogen functional groups attached to an aromatic ring is 1. The van der Waals surface area contributed by atoms with E-state index in [1.54, 1.807) is 24.3 Å². The molecule has 0 saturated carbocycles. The van der Waals surface area contributed by atoms with Crippen LogP contribution in [0, 0.1) is 0 Å². The number of aromatic nitrogens is 1. The number of benzene rings is 1. The Morgan fingerprint density at radius 1 is 1.12 bits per heavy atom. The molecule has 1 fully saturated rings. The monoisotopic (exact) mass is 364 g/mol. The normalized spacial score (nSPS) is 15.7. The van der Waals surface area contributed by atoms with E-state index in [1.807, 2.05) is 4.90 Å². The fourth-order valence-corrected chi connectivity index (χ4v) is 2.90. The minimum Gasteiger partial charge on any atom is -0.399 e. The number of rotatable bonds is 3. The van der Waals surface area contributed by atoms with E-state index in [1.165, 1.54) is 6.07 Å². The van der Waals surface area contributed by atoms with Crippen molar-refractivity contribution in [2.45, 2.75) is 25.1 Å². The minimum absolute atomic E-state index is 0.0192. The van der Waals surface area contributed by atoms with E-state index in [4.69, 9.17) is 5.73 Å². The highest BCUT2D eigenvalue weighted by atomic mass is 19.4. The van der Waals surface area contributed by atoms with Gasteiger partial charge in [-0.25, -0.2) is 4.98 Å². The number of hydrogen-bond donors (Lipinski definition) is 2. The third-order valence-corrected chi connectivity index (χ3v) is 4.40. The van der Waals surface area contributed by atoms with Gasteiger partial charge in [-0.2, -0.15) is 13.2 Å². The number of halogens is 3. The molecular formula is C18H19F3N4O. The van der Waals surface area contributed by atoms with Gasteiger partial charge in [-0.1, -0.05) is 0 Å². The van der Waals surface area contributed by atoms with E-state index in [-0.39, 0.29) is 11.9 Å². The van der Waals surface area contributed by atoms with Crippen LogP contribution in [-0.4, -0.2) is 30.0 Å². The van der Waals surface area contributed by atoms with Gasteiger partial charge in [0.1, 0.15) is 5.82 Å². The van der Waals surface area contributed by atoms with Crippen molar-refractivity contribution in [3.8, 4) is 0 Å². The van der Waals surface area contributed by atoms with Gasteiger partial charge in [-0.15, -0.1) is 0 Å². The van der Waals surface area contributed by atoms with Crippen molar-refractivity contribution in [1.82, 2.24) is 10.3 Å². The van der Waals surface area contributed by atoms with Crippen molar-refractivity contribution in [3.05, 3.63) is 53.7 Å². The van der Waals surface area contributed by atoms with E-state index < -0.39 is 11.7 Å². The van der Waals surface area contributed by atoms with Gasteiger partial charge in [-0.05, 0) is 49.2 Å². The molecule has 0 aliphatic carbocycles. The maximum Gasteiger partial charge on any atom is 0.417 e. The van der Waals surface area contributed by atoms with Crippen LogP contribution in [0.4, 0.5) is 24.7 Å². The number of alkyl halides is 3. The summed E-state index contributed by atoms with van der Waals surface area (Å²) in [4.78, 5) is 18.1. The first-order valence-corrected chi connectivity index (χ1v) is 8.27. The van der Waals surface area contributed by atoms with Crippen molar-refractivity contribution >= 4 is 17.4 Å². The van der Waals surface area contributed by atoms with Crippen molar-refractivity contribution in [1.29, 1.82) is 0 Å². The average molecular weight is 364 g/mol. The lowest BCUT2D eigenvalue weighted by atomic mass is 10.0. The number of anilines is 2. The van der Waals surface area contributed by atoms with E-state index >= 15 is 0 Å². The van der Waals surface area contributed by atoms with Gasteiger partial charge in [0, 0.05) is 36.6 Å². The first-order valence-electron chi connectivity index (χ1n) is 8.27. The van der Waals surface area contributed by atoms with E-state index in [9.17, 15) is 18.0 Å². The van der Waals surface area contributed by atoms with Crippen LogP contribution in [0.5, 0.6) is 0 Å². The second-order valence-corrected chi connectivity index (χ2v) is 6.26. The second kappa shape index (κ2) is 7.23. The molecular weight excluding hydrogens is 345 g/mol. The molecule has 1 aliphatic heterocycles. The molecule has 0 bridgehead atoms. The predicted molar refractivity (Wildman–Crippen MR) is 92.8 cm³/mol. The highest BCUT2D eigenvalue weighted by Gasteiger charge is 2.31. The SMILES string of the molecule is Nc1ccc(C(=O)NC2CCN(c3ccc(C(F)(F)F)cn3)CC2)cc1. The maximum absolute atomic E-state index is 12.6. The number of nitrogens with zero attached hydrogens (tertiary/aromatic N) is 2. The smallest absolute Gasteiger partial charge is 0.399 e. The molecule has 1 aliphatic rings. The van der Waals surface area contributed by atoms with Gasteiger partial charge in [0.25, 0.3) is 5.91 Å². The Kier molecular flexibility index (Phi) is 5.01. The fraction of sp³-hybridized carbons (Fsp3) is 0.333. The lowest BCUT2D eigenvalue weighted by Crippen LogP contribution is -2.45. The maximum atomic E-state index is 12.6. The molecule has 3 N–H and O–H groups in total. The van der Waals surface area contributed by atoms with Gasteiger partial charge in [-0.3, -0.25) is 4.79 Å². The van der Waals surface area contributed by atoms with E-state index in [2.05, 4.69) is 10.3 Å². The molecule has 0 spiro atoms. The number of nitrogens with one attached hydrogen (secondary N) is 1. The highest BCUT2D eigenvalue weighted by molar-refractivity contribution is 5.94. The Labute approximate surface area is 149 Å². The zero-order valence-corrected chi connectivity index (χ0v) is 14.0. The third kappa shape index (κ3) is 4.25. The molecule has 5 nitrogen and oxygen atoms in total. The average Bonchev–Trinajstić information content (AvgIpc) is 2.62. The summed E-state index contributed by atoms with van der Waals surface area (Å²) in [7, 11) is 0. The molecule has 0 unspecified atom stereocenters. The molecule has 0 radical (unpaired) electrons. The van der Waals surface area contributed by atoms with Crippen LogP contribution in [0.15, 0.2) is 42.6 Å². The summed E-state index contributed by atoms with van der Waals surface area (Å²) < 4.78 is 37.8. The van der Waals surface area contributed by atoms with Crippen LogP contribution in [0.25, 0.3) is 0 Å². The summed E-state index contributed by atoms with van der Waals surface area (Å²) in [5.41, 5.74) is 6.00. The van der Waals surface area contributed by atoms with Crippen molar-refractivity contribution in [3.63, 3.8) is 0 Å². The quantitative estimate of drug-likeness (QED) is 0.821. The lowest BCUT2D eigenvalue weighted by molar-refractivity contribution is -0.137. The number of hydrogen-bond acceptors (Lipinski definition) is 4. The zero-order valence-electron chi connectivity index (χ0n) is 14.0. The van der Waals surface area contributed by atoms with Crippen LogP contribution in [0.2, 0.25) is 0 Å². The molecule has 3 rings (SSSR count). The summed E-state index contributed by atoms with van der Waals surface area (Å²) in [5.74, 6) is 0.359. The fourth-order valence-electron chi connectivity index (χ4n) is 2.90. The first kappa shape index (κ1) is 18.0. The van der Waals surface area contributed by atoms with Crippen molar-refractivity contribution < 1.29 is 18.0 Å². The summed E-state index contributed by atoms with van der Waals surface area (Å²) in [5, 5.41) is 2.98. The standard InChI is InChI=1S/C18H19F3N4O/c19-18(20,21)13-3-6-16(23-11-13)25-9-7-15(8-10-25)24-17(26)12-1-4-14(22)5-2-12/h1-6,11,15H,7-10,22H2,(H,24,26). The Bertz CT molecular complexity index is 752. The number of piperidine rings is 1. The van der Waals surface area contributed by atoms with E-state index in [0.717, 1.165) is 12.3 Å². The molecule has 138 valence electrons. The molecule has 26 heavy (non-hydrogen) atoms. The van der Waals surface area contributed by atoms with Crippen LogP contribution in [0.3, 0.4) is 0 Å². The van der Waals surface area contributed by atoms with Crippen molar-refractivity contribution in [2.75, 3.05) is 23.7 Å². The summed E-state index contributed by atoms with van der Waals surface area (Å²) in [6.45, 7) is 1.23. The molecule has 1 aromatic heterocycles. The molecule has 0 atom stereocenters. The Balaban J connectivity index is 1.54. The van der Waals surface area contributed by atoms with Crippen molar-refractivity contribution in [2.24, 2.45) is 0 Å². The van der Waals surface area contributed by atoms with Gasteiger partial charge < -0.3 is 16.0 Å². The topological polar surface area (TPSA) is 71.2 Å². The van der Waals surface area contributed by atoms with Gasteiger partial charge in [0.05, 0.1) is 5.56 Å². The largest absolute Gasteiger partial charge is 0.417 e. The minimum atomic E-state index is -4.38. The highest BCUT2D eigenvalue weighted by Crippen LogP contribution is 2.29. The summed E-state index contributed by atoms with van der Waals surface area (Å²) in [6.07, 6.45) is -2.14. The molecule has 2 heterocycles. The number of amides is 1. The van der Waals surface area contributed by atoms with Gasteiger partial charge in [0.2, 0.25) is 0 Å². The zero-order chi connectivity index (χ0) is 18.7. The summed E-state index contributed by atoms with van der Waals surface area (Å²) in [6, 6.07) is 9.14. The Hall–Kier alpha value is -2.77. The van der Waals surface area contributed by atoms with Crippen LogP contribution in [0.1, 0.15) is 28.8 Å². The van der Waals surface area contributed by atoms with Crippen LogP contribution in [-0.2, 0) is 6.18 Å². The number of nitrogens with two attached hydrogens (primary N) is 1. The Morgan fingerprint density at radius 2 is 1.77 bits per heavy atom. The predicted octanol–water partition coefficient (Wildman–Crippen LogP) is 3.08. The summed E-state index contributed by atoms with van der Waals surface area (Å²) >= 11 is 0. The number of carbonyl (C=O) groups is 1. The first-order chi connectivity index (χ1) is 12.3. The van der Waals surface area contributed by atoms with Crippen LogP contribution < -0.4 is 16.0 Å². The molecule has 2 aromatic rings. The number of pyridine rings is 1. The molecule has 1 amide bonds. The van der Waals surface area contributed by atoms with Gasteiger partial charge >= 0.3 is 6.18 Å². The Morgan fingerprint density at radius 3 is 2.31 bits per heavy atom. The van der Waals surface area contributed by atoms with E-state index in [0.29, 0.717) is 43.0 Å². The third-order valence-electron chi connectivity index (χ3n) is 4.40. The molecule has 8 heteroatoms. The molecule has 1 saturated heterocycles. The van der Waals surface area contributed by atoms with Crippen LogP contribution >= 0.6 is 0 Å².